The van der Waals surface area contributed by atoms with Gasteiger partial charge >= 0.3 is 0 Å². The zero-order chi connectivity index (χ0) is 17.4. The van der Waals surface area contributed by atoms with Gasteiger partial charge in [0, 0.05) is 16.1 Å². The van der Waals surface area contributed by atoms with Crippen LogP contribution < -0.4 is 11.1 Å². The third-order valence-corrected chi connectivity index (χ3v) is 5.57. The van der Waals surface area contributed by atoms with Gasteiger partial charge in [0.25, 0.3) is 5.91 Å². The van der Waals surface area contributed by atoms with Crippen molar-refractivity contribution in [2.24, 2.45) is 5.73 Å². The van der Waals surface area contributed by atoms with Crippen molar-refractivity contribution in [1.29, 1.82) is 0 Å². The van der Waals surface area contributed by atoms with Crippen LogP contribution in [0.2, 0.25) is 0 Å². The lowest BCUT2D eigenvalue weighted by molar-refractivity contribution is 0.0996. The molecule has 3 N–H and O–H groups in total. The number of fused-ring (bicyclic) bond motifs is 3. The maximum absolute atomic E-state index is 12.6. The molecular weight excluding hydrogens is 332 g/mol. The Morgan fingerprint density at radius 1 is 0.960 bits per heavy atom. The summed E-state index contributed by atoms with van der Waals surface area (Å²) in [6.45, 7) is 0. The summed E-state index contributed by atoms with van der Waals surface area (Å²) < 4.78 is 0. The Morgan fingerprint density at radius 2 is 1.76 bits per heavy atom. The van der Waals surface area contributed by atoms with E-state index in [2.05, 4.69) is 23.5 Å². The largest absolute Gasteiger partial charge is 0.366 e. The minimum Gasteiger partial charge on any atom is -0.366 e. The molecule has 0 saturated carbocycles. The van der Waals surface area contributed by atoms with E-state index in [9.17, 15) is 9.59 Å². The lowest BCUT2D eigenvalue weighted by Gasteiger charge is -2.15. The second-order valence-corrected chi connectivity index (χ2v) is 7.07. The molecule has 4 nitrogen and oxygen atoms in total. The van der Waals surface area contributed by atoms with Gasteiger partial charge in [0.05, 0.1) is 4.88 Å². The second kappa shape index (κ2) is 6.18. The van der Waals surface area contributed by atoms with E-state index >= 15 is 0 Å². The number of nitrogens with two attached hydrogens (primary N) is 1. The number of carbonyl (C=O) groups is 2. The highest BCUT2D eigenvalue weighted by Crippen LogP contribution is 2.39. The van der Waals surface area contributed by atoms with Crippen molar-refractivity contribution in [1.82, 2.24) is 0 Å². The highest BCUT2D eigenvalue weighted by molar-refractivity contribution is 7.17. The molecule has 0 fully saturated rings. The average molecular weight is 348 g/mol. The van der Waals surface area contributed by atoms with Gasteiger partial charge in [-0.2, -0.15) is 0 Å². The van der Waals surface area contributed by atoms with Crippen LogP contribution in [0.25, 0.3) is 10.4 Å². The Bertz CT molecular complexity index is 991. The molecule has 124 valence electrons. The molecule has 1 aliphatic rings. The van der Waals surface area contributed by atoms with Gasteiger partial charge in [-0.05, 0) is 53.8 Å². The van der Waals surface area contributed by atoms with Gasteiger partial charge in [0.2, 0.25) is 5.91 Å². The number of hydrogen-bond donors (Lipinski definition) is 2. The molecule has 5 heteroatoms. The molecule has 0 bridgehead atoms. The summed E-state index contributed by atoms with van der Waals surface area (Å²) in [6.07, 6.45) is 1.95. The van der Waals surface area contributed by atoms with Crippen molar-refractivity contribution in [2.75, 3.05) is 5.32 Å². The van der Waals surface area contributed by atoms with Gasteiger partial charge < -0.3 is 11.1 Å². The van der Waals surface area contributed by atoms with Crippen LogP contribution in [-0.4, -0.2) is 11.8 Å². The van der Waals surface area contributed by atoms with E-state index in [1.54, 1.807) is 24.3 Å². The molecule has 4 rings (SSSR count). The summed E-state index contributed by atoms with van der Waals surface area (Å²) in [7, 11) is 0. The quantitative estimate of drug-likeness (QED) is 0.754. The maximum Gasteiger partial charge on any atom is 0.265 e. The molecule has 2 aromatic carbocycles. The summed E-state index contributed by atoms with van der Waals surface area (Å²) in [5, 5.41) is 2.85. The molecule has 1 aromatic heterocycles. The van der Waals surface area contributed by atoms with Crippen LogP contribution in [0.1, 0.15) is 31.2 Å². The summed E-state index contributed by atoms with van der Waals surface area (Å²) in [4.78, 5) is 25.7. The van der Waals surface area contributed by atoms with Crippen LogP contribution in [-0.2, 0) is 12.8 Å². The lowest BCUT2D eigenvalue weighted by Crippen LogP contribution is -2.13. The maximum atomic E-state index is 12.6. The molecule has 1 aliphatic carbocycles. The van der Waals surface area contributed by atoms with E-state index in [-0.39, 0.29) is 5.91 Å². The Hall–Kier alpha value is -2.92. The number of rotatable bonds is 3. The van der Waals surface area contributed by atoms with E-state index in [4.69, 9.17) is 5.73 Å². The first kappa shape index (κ1) is 15.6. The van der Waals surface area contributed by atoms with Crippen LogP contribution in [0.4, 0.5) is 5.69 Å². The highest BCUT2D eigenvalue weighted by atomic mass is 32.1. The van der Waals surface area contributed by atoms with Gasteiger partial charge in [-0.25, -0.2) is 0 Å². The first-order chi connectivity index (χ1) is 12.1. The number of thiophene rings is 1. The van der Waals surface area contributed by atoms with Gasteiger partial charge in [-0.1, -0.05) is 30.3 Å². The number of carbonyl (C=O) groups excluding carboxylic acids is 2. The molecule has 0 radical (unpaired) electrons. The Labute approximate surface area is 149 Å². The molecule has 0 saturated heterocycles. The Balaban J connectivity index is 1.62. The number of anilines is 1. The van der Waals surface area contributed by atoms with Gasteiger partial charge in [-0.3, -0.25) is 9.59 Å². The summed E-state index contributed by atoms with van der Waals surface area (Å²) in [6, 6.07) is 17.0. The van der Waals surface area contributed by atoms with E-state index in [1.807, 2.05) is 12.1 Å². The zero-order valence-electron chi connectivity index (χ0n) is 13.4. The fraction of sp³-hybridized carbons (Fsp3) is 0.100. The Kier molecular flexibility index (Phi) is 3.86. The van der Waals surface area contributed by atoms with Crippen molar-refractivity contribution < 1.29 is 9.59 Å². The molecule has 25 heavy (non-hydrogen) atoms. The number of nitrogens with one attached hydrogen (secondary N) is 1. The first-order valence-corrected chi connectivity index (χ1v) is 8.85. The molecular formula is C20H16N2O2S. The first-order valence-electron chi connectivity index (χ1n) is 8.04. The second-order valence-electron chi connectivity index (χ2n) is 6.02. The van der Waals surface area contributed by atoms with Gasteiger partial charge in [0.15, 0.2) is 0 Å². The zero-order valence-corrected chi connectivity index (χ0v) is 14.2. The SMILES string of the molecule is NC(=O)c1cccc(NC(=O)c2cc3c(s2)-c2ccccc2CC3)c1. The van der Waals surface area contributed by atoms with Crippen molar-refractivity contribution in [3.63, 3.8) is 0 Å². The predicted octanol–water partition coefficient (Wildman–Crippen LogP) is 3.86. The number of hydrogen-bond acceptors (Lipinski definition) is 3. The minimum absolute atomic E-state index is 0.168. The highest BCUT2D eigenvalue weighted by Gasteiger charge is 2.21. The van der Waals surface area contributed by atoms with E-state index in [0.717, 1.165) is 12.8 Å². The summed E-state index contributed by atoms with van der Waals surface area (Å²) >= 11 is 1.51. The summed E-state index contributed by atoms with van der Waals surface area (Å²) in [5.74, 6) is -0.683. The van der Waals surface area contributed by atoms with Crippen LogP contribution >= 0.6 is 11.3 Å². The molecule has 3 aromatic rings. The third-order valence-electron chi connectivity index (χ3n) is 4.36. The number of aryl methyl sites for hydroxylation is 2. The van der Waals surface area contributed by atoms with E-state index in [0.29, 0.717) is 16.1 Å². The van der Waals surface area contributed by atoms with E-state index in [1.165, 1.54) is 32.9 Å². The molecule has 2 amide bonds. The molecule has 1 heterocycles. The Morgan fingerprint density at radius 3 is 2.60 bits per heavy atom. The molecule has 0 atom stereocenters. The number of primary amides is 1. The molecule has 0 unspecified atom stereocenters. The lowest BCUT2D eigenvalue weighted by atomic mass is 9.91. The predicted molar refractivity (Wildman–Crippen MR) is 100 cm³/mol. The normalized spacial score (nSPS) is 12.2. The minimum atomic E-state index is -0.515. The van der Waals surface area contributed by atoms with E-state index < -0.39 is 5.91 Å². The number of benzene rings is 2. The van der Waals surface area contributed by atoms with Gasteiger partial charge in [0.1, 0.15) is 0 Å². The van der Waals surface area contributed by atoms with Gasteiger partial charge in [-0.15, -0.1) is 11.3 Å². The van der Waals surface area contributed by atoms with Crippen molar-refractivity contribution in [2.45, 2.75) is 12.8 Å². The smallest absolute Gasteiger partial charge is 0.265 e. The summed E-state index contributed by atoms with van der Waals surface area (Å²) in [5.41, 5.74) is 10.0. The monoisotopic (exact) mass is 348 g/mol. The van der Waals surface area contributed by atoms with Crippen LogP contribution in [0.3, 0.4) is 0 Å². The average Bonchev–Trinajstić information content (AvgIpc) is 3.07. The topological polar surface area (TPSA) is 72.2 Å². The van der Waals surface area contributed by atoms with Crippen molar-refractivity contribution >= 4 is 28.8 Å². The number of amides is 2. The fourth-order valence-corrected chi connectivity index (χ4v) is 4.29. The fourth-order valence-electron chi connectivity index (χ4n) is 3.13. The molecule has 0 spiro atoms. The van der Waals surface area contributed by atoms with Crippen LogP contribution in [0.5, 0.6) is 0 Å². The van der Waals surface area contributed by atoms with Crippen LogP contribution in [0.15, 0.2) is 54.6 Å². The molecule has 0 aliphatic heterocycles. The van der Waals surface area contributed by atoms with Crippen molar-refractivity contribution in [3.05, 3.63) is 76.2 Å². The van der Waals surface area contributed by atoms with Crippen LogP contribution in [0, 0.1) is 0 Å². The van der Waals surface area contributed by atoms with Crippen molar-refractivity contribution in [3.8, 4) is 10.4 Å². The third kappa shape index (κ3) is 2.94. The standard InChI is InChI=1S/C20H16N2O2S/c21-19(23)14-5-3-6-15(10-14)22-20(24)17-11-13-9-8-12-4-1-2-7-16(12)18(13)25-17/h1-7,10-11H,8-9H2,(H2,21,23)(H,22,24).